The van der Waals surface area contributed by atoms with Crippen molar-refractivity contribution in [3.05, 3.63) is 75.3 Å². The third kappa shape index (κ3) is 3.78. The summed E-state index contributed by atoms with van der Waals surface area (Å²) in [7, 11) is 0. The quantitative estimate of drug-likeness (QED) is 0.747. The van der Waals surface area contributed by atoms with Crippen LogP contribution in [0.1, 0.15) is 30.5 Å². The number of benzene rings is 2. The molecule has 0 bridgehead atoms. The molecule has 0 spiro atoms. The average Bonchev–Trinajstić information content (AvgIpc) is 2.62. The lowest BCUT2D eigenvalue weighted by Gasteiger charge is -2.16. The highest BCUT2D eigenvalue weighted by Crippen LogP contribution is 2.22. The van der Waals surface area contributed by atoms with Crippen molar-refractivity contribution in [1.29, 1.82) is 0 Å². The van der Waals surface area contributed by atoms with Gasteiger partial charge in [-0.1, -0.05) is 41.9 Å². The van der Waals surface area contributed by atoms with Gasteiger partial charge >= 0.3 is 0 Å². The molecule has 1 amide bonds. The average molecular weight is 370 g/mol. The first-order chi connectivity index (χ1) is 12.5. The first-order valence-electron chi connectivity index (χ1n) is 8.46. The normalized spacial score (nSPS) is 12.1. The third-order valence-corrected chi connectivity index (χ3v) is 4.73. The standard InChI is InChI=1S/C20H20ClN3O2/c1-13-6-5-8-16-19(13)22-12-24(20(16)26)11-10-18(25)23-14(2)15-7-3-4-9-17(15)21/h3-9,12,14H,10-11H2,1-2H3,(H,23,25). The van der Waals surface area contributed by atoms with Crippen molar-refractivity contribution in [2.75, 3.05) is 0 Å². The number of para-hydroxylation sites is 1. The van der Waals surface area contributed by atoms with E-state index in [9.17, 15) is 9.59 Å². The number of rotatable bonds is 5. The minimum absolute atomic E-state index is 0.134. The van der Waals surface area contributed by atoms with Crippen molar-refractivity contribution in [1.82, 2.24) is 14.9 Å². The van der Waals surface area contributed by atoms with E-state index >= 15 is 0 Å². The van der Waals surface area contributed by atoms with Gasteiger partial charge in [-0.15, -0.1) is 0 Å². The maximum absolute atomic E-state index is 12.6. The van der Waals surface area contributed by atoms with E-state index in [1.165, 1.54) is 10.9 Å². The topological polar surface area (TPSA) is 64.0 Å². The number of aryl methyl sites for hydroxylation is 2. The summed E-state index contributed by atoms with van der Waals surface area (Å²) in [5.74, 6) is -0.145. The predicted octanol–water partition coefficient (Wildman–Crippen LogP) is 3.63. The van der Waals surface area contributed by atoms with Crippen LogP contribution in [0.5, 0.6) is 0 Å². The molecule has 5 nitrogen and oxygen atoms in total. The van der Waals surface area contributed by atoms with Crippen molar-refractivity contribution >= 4 is 28.4 Å². The Morgan fingerprint density at radius 1 is 1.23 bits per heavy atom. The molecule has 1 aromatic heterocycles. The van der Waals surface area contributed by atoms with Gasteiger partial charge in [-0.2, -0.15) is 0 Å². The molecule has 1 heterocycles. The van der Waals surface area contributed by atoms with Crippen molar-refractivity contribution in [2.45, 2.75) is 32.9 Å². The minimum atomic E-state index is -0.203. The zero-order valence-corrected chi connectivity index (χ0v) is 15.5. The third-order valence-electron chi connectivity index (χ3n) is 4.38. The Balaban J connectivity index is 1.68. The number of nitrogens with one attached hydrogen (secondary N) is 1. The molecule has 26 heavy (non-hydrogen) atoms. The van der Waals surface area contributed by atoms with Crippen LogP contribution in [0, 0.1) is 6.92 Å². The fourth-order valence-electron chi connectivity index (χ4n) is 2.94. The summed E-state index contributed by atoms with van der Waals surface area (Å²) in [6.45, 7) is 4.07. The molecule has 0 radical (unpaired) electrons. The number of nitrogens with zero attached hydrogens (tertiary/aromatic N) is 2. The Hall–Kier alpha value is -2.66. The maximum atomic E-state index is 12.6. The lowest BCUT2D eigenvalue weighted by molar-refractivity contribution is -0.121. The summed E-state index contributed by atoms with van der Waals surface area (Å²) in [5, 5.41) is 4.10. The summed E-state index contributed by atoms with van der Waals surface area (Å²) in [6, 6.07) is 12.7. The van der Waals surface area contributed by atoms with Gasteiger partial charge in [0.05, 0.1) is 23.3 Å². The highest BCUT2D eigenvalue weighted by Gasteiger charge is 2.13. The second kappa shape index (κ2) is 7.70. The van der Waals surface area contributed by atoms with Crippen LogP contribution in [-0.4, -0.2) is 15.5 Å². The van der Waals surface area contributed by atoms with E-state index in [2.05, 4.69) is 10.3 Å². The Kier molecular flexibility index (Phi) is 5.38. The molecule has 134 valence electrons. The van der Waals surface area contributed by atoms with Crippen molar-refractivity contribution in [2.24, 2.45) is 0 Å². The molecular weight excluding hydrogens is 350 g/mol. The van der Waals surface area contributed by atoms with Gasteiger partial charge in [0.1, 0.15) is 0 Å². The predicted molar refractivity (Wildman–Crippen MR) is 103 cm³/mol. The Morgan fingerprint density at radius 2 is 2.00 bits per heavy atom. The molecule has 3 rings (SSSR count). The summed E-state index contributed by atoms with van der Waals surface area (Å²) in [4.78, 5) is 29.2. The number of fused-ring (bicyclic) bond motifs is 1. The fourth-order valence-corrected chi connectivity index (χ4v) is 3.24. The highest BCUT2D eigenvalue weighted by atomic mass is 35.5. The van der Waals surface area contributed by atoms with Crippen LogP contribution < -0.4 is 10.9 Å². The molecule has 0 aliphatic rings. The van der Waals surface area contributed by atoms with Gasteiger partial charge in [-0.25, -0.2) is 4.98 Å². The van der Waals surface area contributed by atoms with E-state index in [1.54, 1.807) is 12.1 Å². The molecule has 0 aliphatic carbocycles. The smallest absolute Gasteiger partial charge is 0.261 e. The van der Waals surface area contributed by atoms with Crippen molar-refractivity contribution in [3.8, 4) is 0 Å². The van der Waals surface area contributed by atoms with Crippen molar-refractivity contribution < 1.29 is 4.79 Å². The highest BCUT2D eigenvalue weighted by molar-refractivity contribution is 6.31. The van der Waals surface area contributed by atoms with Gasteiger partial charge < -0.3 is 5.32 Å². The number of hydrogen-bond acceptors (Lipinski definition) is 3. The fraction of sp³-hybridized carbons (Fsp3) is 0.250. The van der Waals surface area contributed by atoms with E-state index < -0.39 is 0 Å². The van der Waals surface area contributed by atoms with Crippen LogP contribution in [0.15, 0.2) is 53.6 Å². The number of carbonyl (C=O) groups excluding carboxylic acids is 1. The summed E-state index contributed by atoms with van der Waals surface area (Å²) < 4.78 is 1.47. The maximum Gasteiger partial charge on any atom is 0.261 e. The van der Waals surface area contributed by atoms with Crippen LogP contribution in [-0.2, 0) is 11.3 Å². The molecule has 1 N–H and O–H groups in total. The van der Waals surface area contributed by atoms with E-state index in [0.717, 1.165) is 11.1 Å². The van der Waals surface area contributed by atoms with E-state index in [4.69, 9.17) is 11.6 Å². The summed E-state index contributed by atoms with van der Waals surface area (Å²) in [6.07, 6.45) is 1.69. The second-order valence-electron chi connectivity index (χ2n) is 6.27. The van der Waals surface area contributed by atoms with E-state index in [-0.39, 0.29) is 30.5 Å². The van der Waals surface area contributed by atoms with Crippen LogP contribution >= 0.6 is 11.6 Å². The Labute approximate surface area is 156 Å². The van der Waals surface area contributed by atoms with Gasteiger partial charge in [0.25, 0.3) is 5.56 Å². The second-order valence-corrected chi connectivity index (χ2v) is 6.68. The minimum Gasteiger partial charge on any atom is -0.349 e. The molecule has 6 heteroatoms. The van der Waals surface area contributed by atoms with Gasteiger partial charge in [-0.05, 0) is 37.1 Å². The molecule has 0 saturated carbocycles. The molecule has 1 unspecified atom stereocenters. The van der Waals surface area contributed by atoms with E-state index in [1.807, 2.05) is 44.2 Å². The van der Waals surface area contributed by atoms with Gasteiger partial charge in [-0.3, -0.25) is 14.2 Å². The number of amides is 1. The first kappa shape index (κ1) is 18.1. The lowest BCUT2D eigenvalue weighted by atomic mass is 10.1. The monoisotopic (exact) mass is 369 g/mol. The molecule has 3 aromatic rings. The van der Waals surface area contributed by atoms with Crippen LogP contribution in [0.4, 0.5) is 0 Å². The molecule has 0 fully saturated rings. The van der Waals surface area contributed by atoms with Gasteiger partial charge in [0.2, 0.25) is 5.91 Å². The molecule has 2 aromatic carbocycles. The number of halogens is 1. The zero-order chi connectivity index (χ0) is 18.7. The van der Waals surface area contributed by atoms with Crippen molar-refractivity contribution in [3.63, 3.8) is 0 Å². The SMILES string of the molecule is Cc1cccc2c(=O)n(CCC(=O)NC(C)c3ccccc3Cl)cnc12. The molecule has 1 atom stereocenters. The first-order valence-corrected chi connectivity index (χ1v) is 8.83. The van der Waals surface area contributed by atoms with Crippen LogP contribution in [0.3, 0.4) is 0 Å². The lowest BCUT2D eigenvalue weighted by Crippen LogP contribution is -2.29. The van der Waals surface area contributed by atoms with E-state index in [0.29, 0.717) is 15.9 Å². The van der Waals surface area contributed by atoms with Crippen LogP contribution in [0.25, 0.3) is 10.9 Å². The number of aromatic nitrogens is 2. The molecule has 0 aliphatic heterocycles. The Bertz CT molecular complexity index is 1010. The van der Waals surface area contributed by atoms with Gasteiger partial charge in [0.15, 0.2) is 0 Å². The summed E-state index contributed by atoms with van der Waals surface area (Å²) >= 11 is 6.16. The number of hydrogen-bond donors (Lipinski definition) is 1. The van der Waals surface area contributed by atoms with Gasteiger partial charge in [0, 0.05) is 18.0 Å². The zero-order valence-electron chi connectivity index (χ0n) is 14.7. The molecule has 0 saturated heterocycles. The van der Waals surface area contributed by atoms with Crippen LogP contribution in [0.2, 0.25) is 5.02 Å². The summed E-state index contributed by atoms with van der Waals surface area (Å²) in [5.41, 5.74) is 2.39. The Morgan fingerprint density at radius 3 is 2.77 bits per heavy atom. The largest absolute Gasteiger partial charge is 0.349 e. The molecular formula is C20H20ClN3O2. The number of carbonyl (C=O) groups is 1.